The van der Waals surface area contributed by atoms with Crippen molar-refractivity contribution in [3.05, 3.63) is 29.1 Å². The van der Waals surface area contributed by atoms with Crippen LogP contribution < -0.4 is 0 Å². The molecule has 0 amide bonds. The lowest BCUT2D eigenvalue weighted by Gasteiger charge is -2.07. The van der Waals surface area contributed by atoms with Crippen molar-refractivity contribution in [3.8, 4) is 0 Å². The van der Waals surface area contributed by atoms with Gasteiger partial charge in [0.15, 0.2) is 0 Å². The number of hydrogen-bond donors (Lipinski definition) is 0. The van der Waals surface area contributed by atoms with Crippen molar-refractivity contribution in [2.24, 2.45) is 0 Å². The van der Waals surface area contributed by atoms with Crippen molar-refractivity contribution in [1.82, 2.24) is 4.98 Å². The monoisotopic (exact) mass is 215 g/mol. The minimum absolute atomic E-state index is 0.148. The standard InChI is InChI=1S/C10H11F2NO2/c1-3-15-10(14)7-4-6(2)5-13-8(7)9(11)12/h4-5,9H,3H2,1-2H3. The smallest absolute Gasteiger partial charge is 0.340 e. The van der Waals surface area contributed by atoms with Gasteiger partial charge in [-0.2, -0.15) is 0 Å². The fourth-order valence-corrected chi connectivity index (χ4v) is 1.13. The van der Waals surface area contributed by atoms with Gasteiger partial charge in [-0.25, -0.2) is 13.6 Å². The zero-order valence-electron chi connectivity index (χ0n) is 8.46. The maximum absolute atomic E-state index is 12.5. The van der Waals surface area contributed by atoms with E-state index in [-0.39, 0.29) is 12.2 Å². The number of pyridine rings is 1. The number of aryl methyl sites for hydroxylation is 1. The van der Waals surface area contributed by atoms with E-state index >= 15 is 0 Å². The fraction of sp³-hybridized carbons (Fsp3) is 0.400. The van der Waals surface area contributed by atoms with E-state index in [1.807, 2.05) is 0 Å². The summed E-state index contributed by atoms with van der Waals surface area (Å²) in [5.74, 6) is -0.760. The van der Waals surface area contributed by atoms with Crippen LogP contribution in [0.5, 0.6) is 0 Å². The van der Waals surface area contributed by atoms with Crippen molar-refractivity contribution in [2.75, 3.05) is 6.61 Å². The number of alkyl halides is 2. The number of esters is 1. The molecule has 5 heteroatoms. The highest BCUT2D eigenvalue weighted by Crippen LogP contribution is 2.21. The molecule has 0 N–H and O–H groups in total. The minimum Gasteiger partial charge on any atom is -0.462 e. The Bertz CT molecular complexity index is 366. The van der Waals surface area contributed by atoms with Crippen LogP contribution in [-0.4, -0.2) is 17.6 Å². The van der Waals surface area contributed by atoms with Gasteiger partial charge in [0.1, 0.15) is 5.69 Å². The second-order valence-corrected chi connectivity index (χ2v) is 2.97. The summed E-state index contributed by atoms with van der Waals surface area (Å²) in [5, 5.41) is 0. The Morgan fingerprint density at radius 1 is 1.60 bits per heavy atom. The largest absolute Gasteiger partial charge is 0.462 e. The van der Waals surface area contributed by atoms with E-state index in [4.69, 9.17) is 0 Å². The van der Waals surface area contributed by atoms with Crippen molar-refractivity contribution in [2.45, 2.75) is 20.3 Å². The molecule has 0 aliphatic heterocycles. The lowest BCUT2D eigenvalue weighted by molar-refractivity contribution is 0.0513. The number of nitrogens with zero attached hydrogens (tertiary/aromatic N) is 1. The van der Waals surface area contributed by atoms with Crippen molar-refractivity contribution < 1.29 is 18.3 Å². The lowest BCUT2D eigenvalue weighted by Crippen LogP contribution is -2.10. The summed E-state index contributed by atoms with van der Waals surface area (Å²) < 4.78 is 29.6. The van der Waals surface area contributed by atoms with Crippen molar-refractivity contribution >= 4 is 5.97 Å². The molecule has 15 heavy (non-hydrogen) atoms. The molecular weight excluding hydrogens is 204 g/mol. The number of carbonyl (C=O) groups is 1. The molecule has 0 atom stereocenters. The first kappa shape index (κ1) is 11.6. The van der Waals surface area contributed by atoms with Crippen molar-refractivity contribution in [1.29, 1.82) is 0 Å². The van der Waals surface area contributed by atoms with Gasteiger partial charge >= 0.3 is 5.97 Å². The third-order valence-corrected chi connectivity index (χ3v) is 1.76. The predicted molar refractivity (Wildman–Crippen MR) is 49.9 cm³/mol. The molecule has 0 bridgehead atoms. The molecule has 3 nitrogen and oxygen atoms in total. The third-order valence-electron chi connectivity index (χ3n) is 1.76. The van der Waals surface area contributed by atoms with E-state index < -0.39 is 18.1 Å². The summed E-state index contributed by atoms with van der Waals surface area (Å²) in [5.41, 5.74) is -0.0478. The summed E-state index contributed by atoms with van der Waals surface area (Å²) in [4.78, 5) is 14.9. The molecule has 0 spiro atoms. The van der Waals surface area contributed by atoms with Gasteiger partial charge in [-0.15, -0.1) is 0 Å². The number of hydrogen-bond acceptors (Lipinski definition) is 3. The summed E-state index contributed by atoms with van der Waals surface area (Å²) >= 11 is 0. The second-order valence-electron chi connectivity index (χ2n) is 2.97. The van der Waals surface area contributed by atoms with Crippen LogP contribution in [0.2, 0.25) is 0 Å². The zero-order chi connectivity index (χ0) is 11.4. The molecule has 1 aromatic rings. The first-order valence-electron chi connectivity index (χ1n) is 4.48. The van der Waals surface area contributed by atoms with E-state index in [9.17, 15) is 13.6 Å². The Labute approximate surface area is 86.1 Å². The Morgan fingerprint density at radius 2 is 2.27 bits per heavy atom. The Morgan fingerprint density at radius 3 is 2.80 bits per heavy atom. The van der Waals surface area contributed by atoms with Gasteiger partial charge in [0, 0.05) is 6.20 Å². The van der Waals surface area contributed by atoms with Gasteiger partial charge < -0.3 is 4.74 Å². The molecule has 1 heterocycles. The minimum atomic E-state index is -2.77. The normalized spacial score (nSPS) is 10.5. The maximum Gasteiger partial charge on any atom is 0.340 e. The van der Waals surface area contributed by atoms with Gasteiger partial charge in [0.25, 0.3) is 6.43 Å². The number of rotatable bonds is 3. The van der Waals surface area contributed by atoms with E-state index in [1.165, 1.54) is 12.3 Å². The second kappa shape index (κ2) is 4.82. The number of carbonyl (C=O) groups excluding carboxylic acids is 1. The highest BCUT2D eigenvalue weighted by atomic mass is 19.3. The third kappa shape index (κ3) is 2.71. The quantitative estimate of drug-likeness (QED) is 0.727. The molecule has 0 aliphatic carbocycles. The first-order chi connectivity index (χ1) is 7.06. The van der Waals surface area contributed by atoms with Crippen LogP contribution in [0, 0.1) is 6.92 Å². The molecule has 0 unspecified atom stereocenters. The summed E-state index contributed by atoms with van der Waals surface area (Å²) in [6.45, 7) is 3.43. The highest BCUT2D eigenvalue weighted by molar-refractivity contribution is 5.90. The molecule has 0 saturated carbocycles. The van der Waals surface area contributed by atoms with Crippen molar-refractivity contribution in [3.63, 3.8) is 0 Å². The number of aromatic nitrogens is 1. The van der Waals surface area contributed by atoms with Crippen LogP contribution in [0.15, 0.2) is 12.3 Å². The van der Waals surface area contributed by atoms with E-state index in [2.05, 4.69) is 9.72 Å². The first-order valence-corrected chi connectivity index (χ1v) is 4.48. The molecule has 0 fully saturated rings. The highest BCUT2D eigenvalue weighted by Gasteiger charge is 2.20. The Balaban J connectivity index is 3.12. The Hall–Kier alpha value is -1.52. The molecule has 0 saturated heterocycles. The molecule has 0 radical (unpaired) electrons. The van der Waals surface area contributed by atoms with Gasteiger partial charge in [-0.05, 0) is 25.5 Å². The van der Waals surface area contributed by atoms with Crippen LogP contribution in [0.1, 0.15) is 35.0 Å². The van der Waals surface area contributed by atoms with E-state index in [1.54, 1.807) is 13.8 Å². The summed E-state index contributed by atoms with van der Waals surface area (Å²) in [7, 11) is 0. The average molecular weight is 215 g/mol. The van der Waals surface area contributed by atoms with Gasteiger partial charge in [-0.1, -0.05) is 0 Å². The molecule has 0 aliphatic rings. The van der Waals surface area contributed by atoms with Crippen LogP contribution in [-0.2, 0) is 4.74 Å². The SMILES string of the molecule is CCOC(=O)c1cc(C)cnc1C(F)F. The molecule has 1 rings (SSSR count). The van der Waals surface area contributed by atoms with Gasteiger partial charge in [0.2, 0.25) is 0 Å². The van der Waals surface area contributed by atoms with E-state index in [0.29, 0.717) is 5.56 Å². The van der Waals surface area contributed by atoms with Crippen LogP contribution >= 0.6 is 0 Å². The van der Waals surface area contributed by atoms with E-state index in [0.717, 1.165) is 0 Å². The maximum atomic E-state index is 12.5. The summed E-state index contributed by atoms with van der Waals surface area (Å²) in [6, 6.07) is 1.35. The Kier molecular flexibility index (Phi) is 3.71. The number of halogens is 2. The molecule has 0 aromatic carbocycles. The summed E-state index contributed by atoms with van der Waals surface area (Å²) in [6.07, 6.45) is -1.48. The number of ether oxygens (including phenoxy) is 1. The molecule has 82 valence electrons. The van der Waals surface area contributed by atoms with Gasteiger partial charge in [0.05, 0.1) is 12.2 Å². The fourth-order valence-electron chi connectivity index (χ4n) is 1.13. The zero-order valence-corrected chi connectivity index (χ0v) is 8.46. The topological polar surface area (TPSA) is 39.2 Å². The van der Waals surface area contributed by atoms with Gasteiger partial charge in [-0.3, -0.25) is 4.98 Å². The molecule has 1 aromatic heterocycles. The lowest BCUT2D eigenvalue weighted by atomic mass is 10.1. The van der Waals surface area contributed by atoms with Crippen LogP contribution in [0.3, 0.4) is 0 Å². The molecular formula is C10H11F2NO2. The predicted octanol–water partition coefficient (Wildman–Crippen LogP) is 2.50. The van der Waals surface area contributed by atoms with Crippen LogP contribution in [0.25, 0.3) is 0 Å². The van der Waals surface area contributed by atoms with Crippen LogP contribution in [0.4, 0.5) is 8.78 Å². The average Bonchev–Trinajstić information content (AvgIpc) is 2.17.